The Morgan fingerprint density at radius 3 is 2.32 bits per heavy atom. The Bertz CT molecular complexity index is 585. The lowest BCUT2D eigenvalue weighted by Gasteiger charge is -2.13. The number of hydrogen-bond acceptors (Lipinski definition) is 2. The van der Waals surface area contributed by atoms with Crippen LogP contribution in [0, 0.1) is 11.6 Å². The summed E-state index contributed by atoms with van der Waals surface area (Å²) in [6.07, 6.45) is -1.16. The molecule has 0 saturated carbocycles. The highest BCUT2D eigenvalue weighted by Crippen LogP contribution is 2.29. The van der Waals surface area contributed by atoms with Crippen LogP contribution in [-0.2, 0) is 0 Å². The molecular weight excluding hydrogens is 318 g/mol. The molecule has 2 aromatic carbocycles. The van der Waals surface area contributed by atoms with Crippen molar-refractivity contribution in [2.45, 2.75) is 6.10 Å². The fourth-order valence-corrected chi connectivity index (χ4v) is 2.07. The van der Waals surface area contributed by atoms with Crippen LogP contribution in [0.15, 0.2) is 40.9 Å². The summed E-state index contributed by atoms with van der Waals surface area (Å²) >= 11 is 2.97. The topological polar surface area (TPSA) is 29.5 Å². The van der Waals surface area contributed by atoms with Crippen molar-refractivity contribution < 1.29 is 18.6 Å². The highest BCUT2D eigenvalue weighted by Gasteiger charge is 2.17. The van der Waals surface area contributed by atoms with E-state index in [1.54, 1.807) is 24.3 Å². The minimum atomic E-state index is -1.16. The summed E-state index contributed by atoms with van der Waals surface area (Å²) in [6, 6.07) is 8.55. The Kier molecular flexibility index (Phi) is 4.17. The molecule has 0 saturated heterocycles. The van der Waals surface area contributed by atoms with Gasteiger partial charge >= 0.3 is 0 Å². The summed E-state index contributed by atoms with van der Waals surface area (Å²) in [4.78, 5) is 0. The first kappa shape index (κ1) is 14.0. The second-order valence-corrected chi connectivity index (χ2v) is 4.82. The van der Waals surface area contributed by atoms with Gasteiger partial charge in [-0.25, -0.2) is 8.78 Å². The van der Waals surface area contributed by atoms with Crippen LogP contribution < -0.4 is 4.74 Å². The summed E-state index contributed by atoms with van der Waals surface area (Å²) in [6.45, 7) is 0. The maximum Gasteiger partial charge on any atom is 0.140 e. The number of aliphatic hydroxyl groups excluding tert-OH is 1. The van der Waals surface area contributed by atoms with Gasteiger partial charge < -0.3 is 9.84 Å². The Morgan fingerprint density at radius 2 is 1.74 bits per heavy atom. The molecule has 0 aromatic heterocycles. The first-order chi connectivity index (χ1) is 9.02. The highest BCUT2D eigenvalue weighted by molar-refractivity contribution is 9.10. The van der Waals surface area contributed by atoms with E-state index in [1.165, 1.54) is 13.2 Å². The van der Waals surface area contributed by atoms with Gasteiger partial charge in [-0.15, -0.1) is 0 Å². The fourth-order valence-electron chi connectivity index (χ4n) is 1.71. The van der Waals surface area contributed by atoms with E-state index >= 15 is 0 Å². The van der Waals surface area contributed by atoms with Gasteiger partial charge in [0.1, 0.15) is 23.5 Å². The van der Waals surface area contributed by atoms with E-state index < -0.39 is 17.7 Å². The molecule has 19 heavy (non-hydrogen) atoms. The molecule has 0 aliphatic rings. The Balaban J connectivity index is 2.37. The standard InChI is InChI=1S/C14H11BrF2O2/c1-19-9-4-2-8(3-5-9)14(18)10-6-11(15)13(17)7-12(10)16/h2-7,14,18H,1H3. The van der Waals surface area contributed by atoms with Crippen molar-refractivity contribution in [1.82, 2.24) is 0 Å². The molecule has 2 nitrogen and oxygen atoms in total. The minimum absolute atomic E-state index is 0.0124. The van der Waals surface area contributed by atoms with E-state index in [1.807, 2.05) is 0 Å². The predicted molar refractivity (Wildman–Crippen MR) is 71.1 cm³/mol. The van der Waals surface area contributed by atoms with E-state index in [0.717, 1.165) is 6.07 Å². The average molecular weight is 329 g/mol. The molecule has 2 rings (SSSR count). The Hall–Kier alpha value is -1.46. The van der Waals surface area contributed by atoms with Crippen molar-refractivity contribution in [2.75, 3.05) is 7.11 Å². The number of aliphatic hydroxyl groups is 1. The summed E-state index contributed by atoms with van der Waals surface area (Å²) in [5.74, 6) is -0.857. The molecule has 0 aliphatic heterocycles. The van der Waals surface area contributed by atoms with E-state index in [0.29, 0.717) is 11.3 Å². The van der Waals surface area contributed by atoms with Crippen molar-refractivity contribution >= 4 is 15.9 Å². The van der Waals surface area contributed by atoms with Gasteiger partial charge in [-0.2, -0.15) is 0 Å². The van der Waals surface area contributed by atoms with Crippen LogP contribution in [0.1, 0.15) is 17.2 Å². The van der Waals surface area contributed by atoms with Crippen LogP contribution in [-0.4, -0.2) is 12.2 Å². The second-order valence-electron chi connectivity index (χ2n) is 3.96. The van der Waals surface area contributed by atoms with Gasteiger partial charge in [0.05, 0.1) is 11.6 Å². The summed E-state index contributed by atoms with van der Waals surface area (Å²) in [7, 11) is 1.53. The molecule has 0 heterocycles. The van der Waals surface area contributed by atoms with Gasteiger partial charge in [0.2, 0.25) is 0 Å². The van der Waals surface area contributed by atoms with Gasteiger partial charge in [0.25, 0.3) is 0 Å². The highest BCUT2D eigenvalue weighted by atomic mass is 79.9. The lowest BCUT2D eigenvalue weighted by atomic mass is 10.0. The molecule has 0 fully saturated rings. The average Bonchev–Trinajstić information content (AvgIpc) is 2.42. The maximum atomic E-state index is 13.7. The summed E-state index contributed by atoms with van der Waals surface area (Å²) < 4.78 is 31.9. The van der Waals surface area contributed by atoms with Crippen molar-refractivity contribution in [3.05, 3.63) is 63.6 Å². The van der Waals surface area contributed by atoms with E-state index in [9.17, 15) is 13.9 Å². The van der Waals surface area contributed by atoms with Crippen LogP contribution in [0.3, 0.4) is 0 Å². The van der Waals surface area contributed by atoms with Gasteiger partial charge in [0, 0.05) is 11.6 Å². The third kappa shape index (κ3) is 2.93. The van der Waals surface area contributed by atoms with E-state index in [-0.39, 0.29) is 10.0 Å². The number of methoxy groups -OCH3 is 1. The molecule has 0 amide bonds. The molecular formula is C14H11BrF2O2. The summed E-state index contributed by atoms with van der Waals surface area (Å²) in [5.41, 5.74) is 0.511. The van der Waals surface area contributed by atoms with Crippen molar-refractivity contribution in [2.24, 2.45) is 0 Å². The Labute approximate surface area is 117 Å². The molecule has 0 radical (unpaired) electrons. The Morgan fingerprint density at radius 1 is 1.11 bits per heavy atom. The van der Waals surface area contributed by atoms with Crippen LogP contribution in [0.25, 0.3) is 0 Å². The number of rotatable bonds is 3. The number of halogens is 3. The van der Waals surface area contributed by atoms with Crippen LogP contribution in [0.5, 0.6) is 5.75 Å². The number of benzene rings is 2. The normalized spacial score (nSPS) is 12.3. The van der Waals surface area contributed by atoms with Crippen molar-refractivity contribution in [3.8, 4) is 5.75 Å². The molecule has 1 N–H and O–H groups in total. The zero-order valence-electron chi connectivity index (χ0n) is 10.0. The smallest absolute Gasteiger partial charge is 0.140 e. The molecule has 2 aromatic rings. The number of hydrogen-bond donors (Lipinski definition) is 1. The maximum absolute atomic E-state index is 13.7. The van der Waals surface area contributed by atoms with Crippen molar-refractivity contribution in [1.29, 1.82) is 0 Å². The molecule has 1 unspecified atom stereocenters. The largest absolute Gasteiger partial charge is 0.497 e. The monoisotopic (exact) mass is 328 g/mol. The third-order valence-electron chi connectivity index (χ3n) is 2.77. The molecule has 100 valence electrons. The third-order valence-corrected chi connectivity index (χ3v) is 3.37. The van der Waals surface area contributed by atoms with Gasteiger partial charge in [0.15, 0.2) is 0 Å². The minimum Gasteiger partial charge on any atom is -0.497 e. The lowest BCUT2D eigenvalue weighted by molar-refractivity contribution is 0.214. The SMILES string of the molecule is COc1ccc(C(O)c2cc(Br)c(F)cc2F)cc1. The molecule has 0 aliphatic carbocycles. The first-order valence-corrected chi connectivity index (χ1v) is 6.28. The zero-order valence-corrected chi connectivity index (χ0v) is 11.6. The van der Waals surface area contributed by atoms with Crippen LogP contribution >= 0.6 is 15.9 Å². The zero-order chi connectivity index (χ0) is 14.0. The predicted octanol–water partition coefficient (Wildman–Crippen LogP) is 3.82. The first-order valence-electron chi connectivity index (χ1n) is 5.49. The van der Waals surface area contributed by atoms with Crippen LogP contribution in [0.2, 0.25) is 0 Å². The molecule has 0 bridgehead atoms. The van der Waals surface area contributed by atoms with Gasteiger partial charge in [-0.1, -0.05) is 12.1 Å². The molecule has 0 spiro atoms. The van der Waals surface area contributed by atoms with Crippen molar-refractivity contribution in [3.63, 3.8) is 0 Å². The molecule has 1 atom stereocenters. The number of ether oxygens (including phenoxy) is 1. The lowest BCUT2D eigenvalue weighted by Crippen LogP contribution is -2.03. The molecule has 5 heteroatoms. The summed E-state index contributed by atoms with van der Waals surface area (Å²) in [5, 5.41) is 10.1. The quantitative estimate of drug-likeness (QED) is 0.868. The van der Waals surface area contributed by atoms with E-state index in [2.05, 4.69) is 15.9 Å². The van der Waals surface area contributed by atoms with Gasteiger partial charge in [-0.05, 0) is 39.7 Å². The second kappa shape index (κ2) is 5.67. The van der Waals surface area contributed by atoms with Crippen LogP contribution in [0.4, 0.5) is 8.78 Å². The van der Waals surface area contributed by atoms with E-state index in [4.69, 9.17) is 4.74 Å². The fraction of sp³-hybridized carbons (Fsp3) is 0.143. The van der Waals surface area contributed by atoms with Gasteiger partial charge in [-0.3, -0.25) is 0 Å².